The van der Waals surface area contributed by atoms with Crippen molar-refractivity contribution in [2.75, 3.05) is 13.7 Å². The van der Waals surface area contributed by atoms with E-state index in [-0.39, 0.29) is 17.6 Å². The third-order valence-electron chi connectivity index (χ3n) is 4.71. The van der Waals surface area contributed by atoms with E-state index in [4.69, 9.17) is 15.9 Å². The third-order valence-corrected chi connectivity index (χ3v) is 4.71. The Morgan fingerprint density at radius 1 is 1.19 bits per heavy atom. The molecule has 0 saturated heterocycles. The standard InChI is InChI=1S/C21H22N2O3/c1-4-5-10-21(22-23-21)11-12-26-19-9-8-17-13-16(6-7-18(17)14-19)15(2)20(24)25-3/h1,6-9,13-15H,5,10-12H2,2-3H3/t15-/m0/s1. The molecule has 5 heteroatoms. The summed E-state index contributed by atoms with van der Waals surface area (Å²) in [6, 6.07) is 11.9. The van der Waals surface area contributed by atoms with E-state index >= 15 is 0 Å². The summed E-state index contributed by atoms with van der Waals surface area (Å²) in [5, 5.41) is 10.3. The molecular weight excluding hydrogens is 328 g/mol. The van der Waals surface area contributed by atoms with Crippen LogP contribution in [0.1, 0.15) is 37.7 Å². The Balaban J connectivity index is 1.63. The number of carbonyl (C=O) groups excluding carboxylic acids is 1. The molecule has 0 amide bonds. The van der Waals surface area contributed by atoms with Gasteiger partial charge >= 0.3 is 5.97 Å². The fourth-order valence-corrected chi connectivity index (χ4v) is 2.91. The average molecular weight is 350 g/mol. The molecule has 3 rings (SSSR count). The molecule has 0 aromatic heterocycles. The van der Waals surface area contributed by atoms with Gasteiger partial charge in [0.05, 0.1) is 19.6 Å². The van der Waals surface area contributed by atoms with Gasteiger partial charge in [0.25, 0.3) is 0 Å². The van der Waals surface area contributed by atoms with E-state index in [1.165, 1.54) is 7.11 Å². The topological polar surface area (TPSA) is 60.2 Å². The van der Waals surface area contributed by atoms with Crippen molar-refractivity contribution in [1.29, 1.82) is 0 Å². The summed E-state index contributed by atoms with van der Waals surface area (Å²) < 4.78 is 10.7. The van der Waals surface area contributed by atoms with Gasteiger partial charge in [-0.2, -0.15) is 10.2 Å². The van der Waals surface area contributed by atoms with Crippen LogP contribution in [-0.2, 0) is 9.53 Å². The van der Waals surface area contributed by atoms with E-state index in [9.17, 15) is 4.79 Å². The number of ether oxygens (including phenoxy) is 2. The second-order valence-corrected chi connectivity index (χ2v) is 6.50. The summed E-state index contributed by atoms with van der Waals surface area (Å²) in [6.45, 7) is 2.38. The van der Waals surface area contributed by atoms with Crippen LogP contribution in [0.2, 0.25) is 0 Å². The molecule has 1 aliphatic heterocycles. The van der Waals surface area contributed by atoms with Gasteiger partial charge in [0.2, 0.25) is 0 Å². The van der Waals surface area contributed by atoms with Crippen LogP contribution in [-0.4, -0.2) is 25.3 Å². The van der Waals surface area contributed by atoms with Crippen LogP contribution in [0.4, 0.5) is 0 Å². The minimum absolute atomic E-state index is 0.237. The fourth-order valence-electron chi connectivity index (χ4n) is 2.91. The van der Waals surface area contributed by atoms with Gasteiger partial charge in [-0.1, -0.05) is 24.3 Å². The molecule has 0 spiro atoms. The van der Waals surface area contributed by atoms with Gasteiger partial charge in [0, 0.05) is 19.3 Å². The maximum Gasteiger partial charge on any atom is 0.312 e. The van der Waals surface area contributed by atoms with E-state index in [1.807, 2.05) is 43.3 Å². The van der Waals surface area contributed by atoms with Gasteiger partial charge < -0.3 is 9.47 Å². The van der Waals surface area contributed by atoms with Gasteiger partial charge in [-0.25, -0.2) is 0 Å². The Labute approximate surface area is 153 Å². The van der Waals surface area contributed by atoms with Gasteiger partial charge in [-0.3, -0.25) is 4.79 Å². The molecule has 0 saturated carbocycles. The van der Waals surface area contributed by atoms with Crippen LogP contribution < -0.4 is 4.74 Å². The number of nitrogens with zero attached hydrogens (tertiary/aromatic N) is 2. The average Bonchev–Trinajstić information content (AvgIpc) is 3.44. The van der Waals surface area contributed by atoms with Gasteiger partial charge in [0.1, 0.15) is 5.75 Å². The normalized spacial score (nSPS) is 15.3. The van der Waals surface area contributed by atoms with Crippen molar-refractivity contribution in [3.8, 4) is 18.1 Å². The van der Waals surface area contributed by atoms with Crippen molar-refractivity contribution in [2.45, 2.75) is 37.8 Å². The van der Waals surface area contributed by atoms with Crippen molar-refractivity contribution < 1.29 is 14.3 Å². The number of terminal acetylenes is 1. The lowest BCUT2D eigenvalue weighted by Crippen LogP contribution is -2.15. The van der Waals surface area contributed by atoms with Crippen LogP contribution in [0.3, 0.4) is 0 Å². The Morgan fingerprint density at radius 2 is 1.92 bits per heavy atom. The molecule has 134 valence electrons. The van der Waals surface area contributed by atoms with Crippen LogP contribution in [0, 0.1) is 12.3 Å². The molecule has 2 aromatic carbocycles. The highest BCUT2D eigenvalue weighted by atomic mass is 16.5. The summed E-state index contributed by atoms with van der Waals surface area (Å²) in [7, 11) is 1.41. The lowest BCUT2D eigenvalue weighted by atomic mass is 9.98. The molecule has 5 nitrogen and oxygen atoms in total. The molecule has 26 heavy (non-hydrogen) atoms. The van der Waals surface area contributed by atoms with Crippen LogP contribution >= 0.6 is 0 Å². The molecule has 2 aromatic rings. The van der Waals surface area contributed by atoms with Crippen molar-refractivity contribution in [1.82, 2.24) is 0 Å². The summed E-state index contributed by atoms with van der Waals surface area (Å²) in [6.07, 6.45) is 7.50. The number of methoxy groups -OCH3 is 1. The number of esters is 1. The van der Waals surface area contributed by atoms with Crippen LogP contribution in [0.25, 0.3) is 10.8 Å². The fraction of sp³-hybridized carbons (Fsp3) is 0.381. The van der Waals surface area contributed by atoms with Crippen molar-refractivity contribution in [3.63, 3.8) is 0 Å². The summed E-state index contributed by atoms with van der Waals surface area (Å²) in [5.74, 6) is 2.91. The first-order valence-corrected chi connectivity index (χ1v) is 8.69. The van der Waals surface area contributed by atoms with E-state index < -0.39 is 0 Å². The first-order valence-electron chi connectivity index (χ1n) is 8.69. The summed E-state index contributed by atoms with van der Waals surface area (Å²) in [5.41, 5.74) is 0.618. The quantitative estimate of drug-likeness (QED) is 0.521. The highest BCUT2D eigenvalue weighted by Gasteiger charge is 2.38. The molecule has 0 aliphatic carbocycles. The Kier molecular flexibility index (Phi) is 5.22. The van der Waals surface area contributed by atoms with Gasteiger partial charge in [-0.15, -0.1) is 12.3 Å². The van der Waals surface area contributed by atoms with Crippen molar-refractivity contribution in [3.05, 3.63) is 42.0 Å². The molecule has 0 fully saturated rings. The molecule has 0 bridgehead atoms. The molecule has 0 N–H and O–H groups in total. The summed E-state index contributed by atoms with van der Waals surface area (Å²) >= 11 is 0. The SMILES string of the molecule is C#CCCC1(CCOc2ccc3cc([C@H](C)C(=O)OC)ccc3c2)N=N1. The molecule has 1 aliphatic rings. The number of carbonyl (C=O) groups is 1. The van der Waals surface area contributed by atoms with E-state index in [0.717, 1.165) is 34.9 Å². The zero-order chi connectivity index (χ0) is 18.6. The monoisotopic (exact) mass is 350 g/mol. The largest absolute Gasteiger partial charge is 0.493 e. The highest BCUT2D eigenvalue weighted by Crippen LogP contribution is 2.36. The van der Waals surface area contributed by atoms with Crippen LogP contribution in [0.15, 0.2) is 46.6 Å². The van der Waals surface area contributed by atoms with Crippen molar-refractivity contribution >= 4 is 16.7 Å². The lowest BCUT2D eigenvalue weighted by molar-refractivity contribution is -0.141. The van der Waals surface area contributed by atoms with E-state index in [2.05, 4.69) is 16.1 Å². The number of fused-ring (bicyclic) bond motifs is 1. The number of benzene rings is 2. The molecule has 1 heterocycles. The highest BCUT2D eigenvalue weighted by molar-refractivity contribution is 5.86. The smallest absolute Gasteiger partial charge is 0.312 e. The maximum absolute atomic E-state index is 11.7. The minimum Gasteiger partial charge on any atom is -0.493 e. The van der Waals surface area contributed by atoms with E-state index in [1.54, 1.807) is 0 Å². The van der Waals surface area contributed by atoms with Gasteiger partial charge in [-0.05, 0) is 35.4 Å². The molecule has 1 atom stereocenters. The Morgan fingerprint density at radius 3 is 2.62 bits per heavy atom. The third kappa shape index (κ3) is 4.02. The number of hydrogen-bond donors (Lipinski definition) is 0. The van der Waals surface area contributed by atoms with E-state index in [0.29, 0.717) is 13.0 Å². The first kappa shape index (κ1) is 17.9. The molecular formula is C21H22N2O3. The number of rotatable bonds is 8. The number of hydrogen-bond acceptors (Lipinski definition) is 5. The maximum atomic E-state index is 11.7. The first-order chi connectivity index (χ1) is 12.6. The molecule has 0 radical (unpaired) electrons. The second kappa shape index (κ2) is 7.57. The predicted molar refractivity (Wildman–Crippen MR) is 100 cm³/mol. The van der Waals surface area contributed by atoms with Crippen LogP contribution in [0.5, 0.6) is 5.75 Å². The minimum atomic E-state index is -0.317. The zero-order valence-corrected chi connectivity index (χ0v) is 15.1. The zero-order valence-electron chi connectivity index (χ0n) is 15.1. The summed E-state index contributed by atoms with van der Waals surface area (Å²) in [4.78, 5) is 11.7. The lowest BCUT2D eigenvalue weighted by Gasteiger charge is -2.12. The Hall–Kier alpha value is -2.87. The second-order valence-electron chi connectivity index (χ2n) is 6.50. The molecule has 0 unspecified atom stereocenters. The van der Waals surface area contributed by atoms with Crippen molar-refractivity contribution in [2.24, 2.45) is 10.2 Å². The predicted octanol–water partition coefficient (Wildman–Crippen LogP) is 4.46. The van der Waals surface area contributed by atoms with Gasteiger partial charge in [0.15, 0.2) is 5.66 Å². The Bertz CT molecular complexity index is 876.